The molecule has 1 unspecified atom stereocenters. The maximum absolute atomic E-state index is 11.8. The van der Waals surface area contributed by atoms with E-state index in [1.165, 1.54) is 38.5 Å². The Morgan fingerprint density at radius 3 is 1.69 bits per heavy atom. The fraction of sp³-hybridized carbons (Fsp3) is 1.00. The van der Waals surface area contributed by atoms with Gasteiger partial charge in [-0.15, -0.1) is 0 Å². The Bertz CT molecular complexity index is 189. The minimum Gasteiger partial charge on any atom is -0.616 e. The van der Waals surface area contributed by atoms with Gasteiger partial charge >= 0.3 is 0 Å². The van der Waals surface area contributed by atoms with E-state index in [4.69, 9.17) is 0 Å². The fourth-order valence-corrected chi connectivity index (χ4v) is 5.79. The third-order valence-corrected chi connectivity index (χ3v) is 6.31. The maximum atomic E-state index is 11.8. The molecule has 0 radical (unpaired) electrons. The van der Waals surface area contributed by atoms with Crippen molar-refractivity contribution < 1.29 is 4.55 Å². The van der Waals surface area contributed by atoms with Gasteiger partial charge in [-0.2, -0.15) is 0 Å². The Labute approximate surface area is 83.5 Å². The van der Waals surface area contributed by atoms with Crippen LogP contribution < -0.4 is 0 Å². The molecule has 1 atom stereocenters. The van der Waals surface area contributed by atoms with Crippen molar-refractivity contribution in [1.29, 1.82) is 0 Å². The van der Waals surface area contributed by atoms with E-state index in [1.807, 2.05) is 6.26 Å². The molecule has 0 spiro atoms. The molecule has 4 bridgehead atoms. The molecule has 0 heterocycles. The zero-order chi connectivity index (χ0) is 9.05. The van der Waals surface area contributed by atoms with Crippen LogP contribution in [0.4, 0.5) is 0 Å². The third-order valence-electron chi connectivity index (χ3n) is 4.59. The molecule has 4 aliphatic rings. The second-order valence-electron chi connectivity index (χ2n) is 5.55. The zero-order valence-corrected chi connectivity index (χ0v) is 9.11. The van der Waals surface area contributed by atoms with Crippen LogP contribution in [0.25, 0.3) is 0 Å². The van der Waals surface area contributed by atoms with Crippen LogP contribution in [0.2, 0.25) is 0 Å². The van der Waals surface area contributed by atoms with Gasteiger partial charge in [-0.1, -0.05) is 11.2 Å². The van der Waals surface area contributed by atoms with E-state index < -0.39 is 11.2 Å². The van der Waals surface area contributed by atoms with E-state index in [-0.39, 0.29) is 4.75 Å². The molecule has 0 N–H and O–H groups in total. The molecule has 0 aromatic carbocycles. The molecule has 1 nitrogen and oxygen atoms in total. The summed E-state index contributed by atoms with van der Waals surface area (Å²) in [5, 5.41) is 0. The second kappa shape index (κ2) is 2.66. The quantitative estimate of drug-likeness (QED) is 0.593. The first kappa shape index (κ1) is 8.60. The molecule has 0 saturated heterocycles. The highest BCUT2D eigenvalue weighted by molar-refractivity contribution is 7.92. The van der Waals surface area contributed by atoms with Gasteiger partial charge in [-0.25, -0.2) is 0 Å². The van der Waals surface area contributed by atoms with E-state index in [9.17, 15) is 4.55 Å². The van der Waals surface area contributed by atoms with Crippen molar-refractivity contribution in [3.8, 4) is 0 Å². The highest BCUT2D eigenvalue weighted by atomic mass is 32.2. The standard InChI is InChI=1S/C11H18OS/c1-13(12)11-5-8-2-9(6-11)4-10(3-8)7-11/h8-10H,2-7H2,1H3. The summed E-state index contributed by atoms with van der Waals surface area (Å²) in [4.78, 5) is 0. The summed E-state index contributed by atoms with van der Waals surface area (Å²) in [5.74, 6) is 2.82. The van der Waals surface area contributed by atoms with Gasteiger partial charge in [-0.3, -0.25) is 0 Å². The van der Waals surface area contributed by atoms with Crippen molar-refractivity contribution in [2.75, 3.05) is 6.26 Å². The summed E-state index contributed by atoms with van der Waals surface area (Å²) in [5.41, 5.74) is 0. The lowest BCUT2D eigenvalue weighted by Gasteiger charge is -2.55. The van der Waals surface area contributed by atoms with Gasteiger partial charge < -0.3 is 4.55 Å². The lowest BCUT2D eigenvalue weighted by atomic mass is 9.56. The Balaban J connectivity index is 1.91. The van der Waals surface area contributed by atoms with Crippen molar-refractivity contribution in [3.05, 3.63) is 0 Å². The predicted molar refractivity (Wildman–Crippen MR) is 55.0 cm³/mol. The lowest BCUT2D eigenvalue weighted by Crippen LogP contribution is -2.54. The van der Waals surface area contributed by atoms with Crippen LogP contribution in [0.15, 0.2) is 0 Å². The molecule has 4 fully saturated rings. The average molecular weight is 198 g/mol. The topological polar surface area (TPSA) is 23.1 Å². The van der Waals surface area contributed by atoms with E-state index in [0.29, 0.717) is 0 Å². The fourth-order valence-electron chi connectivity index (χ4n) is 4.38. The summed E-state index contributed by atoms with van der Waals surface area (Å²) in [6.07, 6.45) is 10.1. The number of hydrogen-bond donors (Lipinski definition) is 0. The molecule has 2 heteroatoms. The van der Waals surface area contributed by atoms with Crippen molar-refractivity contribution >= 4 is 11.2 Å². The molecule has 4 saturated carbocycles. The SMILES string of the molecule is C[S+]([O-])C12CC3CC(CC(C3)C1)C2. The molecule has 4 rings (SSSR count). The van der Waals surface area contributed by atoms with Gasteiger partial charge in [0.05, 0.1) is 6.26 Å². The molecule has 4 aliphatic carbocycles. The normalized spacial score (nSPS) is 55.4. The predicted octanol–water partition coefficient (Wildman–Crippen LogP) is 2.33. The molecule has 0 aliphatic heterocycles. The van der Waals surface area contributed by atoms with E-state index >= 15 is 0 Å². The zero-order valence-electron chi connectivity index (χ0n) is 8.29. The molecular weight excluding hydrogens is 180 g/mol. The largest absolute Gasteiger partial charge is 0.616 e. The smallest absolute Gasteiger partial charge is 0.126 e. The average Bonchev–Trinajstić information content (AvgIpc) is 2.00. The third kappa shape index (κ3) is 1.18. The molecule has 13 heavy (non-hydrogen) atoms. The van der Waals surface area contributed by atoms with Gasteiger partial charge in [0, 0.05) is 19.3 Å². The van der Waals surface area contributed by atoms with Crippen molar-refractivity contribution in [2.45, 2.75) is 43.3 Å². The Morgan fingerprint density at radius 2 is 1.38 bits per heavy atom. The van der Waals surface area contributed by atoms with E-state index in [0.717, 1.165) is 17.8 Å². The van der Waals surface area contributed by atoms with Crippen LogP contribution in [0.1, 0.15) is 38.5 Å². The molecule has 0 amide bonds. The minimum atomic E-state index is -0.570. The number of hydrogen-bond acceptors (Lipinski definition) is 1. The van der Waals surface area contributed by atoms with Crippen molar-refractivity contribution in [2.24, 2.45) is 17.8 Å². The molecule has 0 aromatic heterocycles. The first-order valence-corrected chi connectivity index (χ1v) is 7.07. The maximum Gasteiger partial charge on any atom is 0.126 e. The van der Waals surface area contributed by atoms with Gasteiger partial charge in [0.1, 0.15) is 4.75 Å². The summed E-state index contributed by atoms with van der Waals surface area (Å²) < 4.78 is 12.1. The number of rotatable bonds is 1. The van der Waals surface area contributed by atoms with E-state index in [1.54, 1.807) is 0 Å². The second-order valence-corrected chi connectivity index (χ2v) is 7.33. The summed E-state index contributed by atoms with van der Waals surface area (Å²) in [6, 6.07) is 0. The van der Waals surface area contributed by atoms with Crippen molar-refractivity contribution in [3.63, 3.8) is 0 Å². The van der Waals surface area contributed by atoms with Gasteiger partial charge in [-0.05, 0) is 37.0 Å². The van der Waals surface area contributed by atoms with Crippen LogP contribution in [0.5, 0.6) is 0 Å². The first-order valence-electron chi connectivity index (χ1n) is 5.51. The van der Waals surface area contributed by atoms with Crippen LogP contribution in [-0.2, 0) is 11.2 Å². The highest BCUT2D eigenvalue weighted by Crippen LogP contribution is 2.58. The van der Waals surface area contributed by atoms with Gasteiger partial charge in [0.2, 0.25) is 0 Å². The first-order chi connectivity index (χ1) is 6.18. The molecular formula is C11H18OS. The van der Waals surface area contributed by atoms with Crippen LogP contribution >= 0.6 is 0 Å². The summed E-state index contributed by atoms with van der Waals surface area (Å²) in [6.45, 7) is 0. The molecule has 0 aromatic rings. The Morgan fingerprint density at radius 1 is 1.00 bits per heavy atom. The molecule has 74 valence electrons. The van der Waals surface area contributed by atoms with Crippen LogP contribution in [0, 0.1) is 17.8 Å². The van der Waals surface area contributed by atoms with Gasteiger partial charge in [0.25, 0.3) is 0 Å². The van der Waals surface area contributed by atoms with Crippen molar-refractivity contribution in [1.82, 2.24) is 0 Å². The summed E-state index contributed by atoms with van der Waals surface area (Å²) in [7, 11) is 0. The summed E-state index contributed by atoms with van der Waals surface area (Å²) >= 11 is -0.570. The minimum absolute atomic E-state index is 0.273. The lowest BCUT2D eigenvalue weighted by molar-refractivity contribution is 0.0342. The van der Waals surface area contributed by atoms with Crippen LogP contribution in [0.3, 0.4) is 0 Å². The van der Waals surface area contributed by atoms with Gasteiger partial charge in [0.15, 0.2) is 0 Å². The van der Waals surface area contributed by atoms with Crippen LogP contribution in [-0.4, -0.2) is 15.6 Å². The highest BCUT2D eigenvalue weighted by Gasteiger charge is 2.56. The van der Waals surface area contributed by atoms with E-state index in [2.05, 4.69) is 0 Å². The monoisotopic (exact) mass is 198 g/mol. The Kier molecular flexibility index (Phi) is 1.76. The Hall–Kier alpha value is 0.310.